The summed E-state index contributed by atoms with van der Waals surface area (Å²) in [6, 6.07) is 19.1. The van der Waals surface area contributed by atoms with Gasteiger partial charge >= 0.3 is 0 Å². The second-order valence-corrected chi connectivity index (χ2v) is 8.52. The number of hydrogen-bond acceptors (Lipinski definition) is 2. The Bertz CT molecular complexity index is 863. The van der Waals surface area contributed by atoms with Crippen molar-refractivity contribution < 1.29 is 0 Å². The van der Waals surface area contributed by atoms with Gasteiger partial charge in [0, 0.05) is 25.0 Å². The van der Waals surface area contributed by atoms with Crippen LogP contribution in [0.25, 0.3) is 0 Å². The largest absolute Gasteiger partial charge is 0.369 e. The number of rotatable bonds is 5. The average molecular weight is 371 g/mol. The van der Waals surface area contributed by atoms with Crippen molar-refractivity contribution in [2.24, 2.45) is 0 Å². The van der Waals surface area contributed by atoms with Crippen molar-refractivity contribution in [2.75, 3.05) is 19.6 Å². The highest BCUT2D eigenvalue weighted by Crippen LogP contribution is 2.39. The summed E-state index contributed by atoms with van der Waals surface area (Å²) in [4.78, 5) is 5.13. The normalized spacial score (nSPS) is 24.1. The topological polar surface area (TPSA) is 6.48 Å². The van der Waals surface area contributed by atoms with Gasteiger partial charge in [0.1, 0.15) is 0 Å². The molecule has 0 saturated carbocycles. The molecule has 0 amide bonds. The standard InChI is InChI=1S/C26H30N2/c1-3-8-21(9-4-1)18-25-24-19-22(20-27-14-5-2-6-15-27)10-11-23(24)12-13-26(25)28-16-7-17-28/h1-6,8-11,14,19,25-26H,7,12-13,15-18,20H2. The van der Waals surface area contributed by atoms with Gasteiger partial charge in [0.2, 0.25) is 0 Å². The third kappa shape index (κ3) is 3.66. The van der Waals surface area contributed by atoms with Crippen molar-refractivity contribution in [3.05, 3.63) is 95.2 Å². The van der Waals surface area contributed by atoms with Crippen LogP contribution in [0.1, 0.15) is 41.0 Å². The molecule has 1 fully saturated rings. The van der Waals surface area contributed by atoms with Gasteiger partial charge in [0.05, 0.1) is 0 Å². The molecule has 28 heavy (non-hydrogen) atoms. The van der Waals surface area contributed by atoms with Crippen LogP contribution in [0, 0.1) is 0 Å². The van der Waals surface area contributed by atoms with Crippen LogP contribution in [-0.4, -0.2) is 35.5 Å². The van der Waals surface area contributed by atoms with Crippen molar-refractivity contribution >= 4 is 0 Å². The summed E-state index contributed by atoms with van der Waals surface area (Å²) in [6.45, 7) is 4.59. The summed E-state index contributed by atoms with van der Waals surface area (Å²) in [5.74, 6) is 0.614. The Hall–Kier alpha value is -2.32. The van der Waals surface area contributed by atoms with Crippen molar-refractivity contribution in [1.29, 1.82) is 0 Å². The number of fused-ring (bicyclic) bond motifs is 1. The van der Waals surface area contributed by atoms with Gasteiger partial charge in [-0.25, -0.2) is 0 Å². The van der Waals surface area contributed by atoms with E-state index in [4.69, 9.17) is 0 Å². The molecule has 0 spiro atoms. The molecular formula is C26H30N2. The van der Waals surface area contributed by atoms with Crippen molar-refractivity contribution in [2.45, 2.75) is 44.2 Å². The number of nitrogens with zero attached hydrogens (tertiary/aromatic N) is 2. The van der Waals surface area contributed by atoms with Gasteiger partial charge < -0.3 is 4.90 Å². The molecule has 2 heteroatoms. The molecule has 0 aromatic heterocycles. The van der Waals surface area contributed by atoms with Crippen LogP contribution in [0.15, 0.2) is 73.0 Å². The quantitative estimate of drug-likeness (QED) is 0.737. The first-order chi connectivity index (χ1) is 13.9. The fraction of sp³-hybridized carbons (Fsp3) is 0.385. The lowest BCUT2D eigenvalue weighted by atomic mass is 9.74. The molecule has 2 aliphatic heterocycles. The third-order valence-corrected chi connectivity index (χ3v) is 6.71. The minimum absolute atomic E-state index is 0.614. The number of hydrogen-bond donors (Lipinski definition) is 0. The zero-order valence-electron chi connectivity index (χ0n) is 16.6. The smallest absolute Gasteiger partial charge is 0.0427 e. The zero-order chi connectivity index (χ0) is 18.8. The van der Waals surface area contributed by atoms with Crippen LogP contribution in [0.2, 0.25) is 0 Å². The predicted octanol–water partition coefficient (Wildman–Crippen LogP) is 4.92. The van der Waals surface area contributed by atoms with Crippen LogP contribution in [-0.2, 0) is 19.4 Å². The summed E-state index contributed by atoms with van der Waals surface area (Å²) in [7, 11) is 0. The lowest BCUT2D eigenvalue weighted by molar-refractivity contribution is 0.0877. The molecular weight excluding hydrogens is 340 g/mol. The van der Waals surface area contributed by atoms with Gasteiger partial charge in [-0.3, -0.25) is 4.90 Å². The summed E-state index contributed by atoms with van der Waals surface area (Å²) in [6.07, 6.45) is 13.8. The van der Waals surface area contributed by atoms with Gasteiger partial charge in [-0.2, -0.15) is 0 Å². The van der Waals surface area contributed by atoms with E-state index in [0.29, 0.717) is 12.0 Å². The molecule has 2 atom stereocenters. The van der Waals surface area contributed by atoms with E-state index in [1.165, 1.54) is 43.5 Å². The molecule has 0 radical (unpaired) electrons. The number of aryl methyl sites for hydroxylation is 1. The molecule has 0 N–H and O–H groups in total. The predicted molar refractivity (Wildman–Crippen MR) is 116 cm³/mol. The fourth-order valence-electron chi connectivity index (χ4n) is 5.11. The highest BCUT2D eigenvalue weighted by atomic mass is 15.2. The van der Waals surface area contributed by atoms with Crippen LogP contribution < -0.4 is 0 Å². The van der Waals surface area contributed by atoms with Gasteiger partial charge in [0.15, 0.2) is 0 Å². The monoisotopic (exact) mass is 370 g/mol. The van der Waals surface area contributed by atoms with E-state index in [1.54, 1.807) is 11.1 Å². The lowest BCUT2D eigenvalue weighted by Gasteiger charge is -2.45. The minimum Gasteiger partial charge on any atom is -0.369 e. The molecule has 1 aliphatic carbocycles. The highest BCUT2D eigenvalue weighted by molar-refractivity contribution is 5.39. The SMILES string of the molecule is C1=CCN(Cc2ccc3c(c2)C(Cc2ccccc2)C(N2CCC2)CC3)C=C1. The van der Waals surface area contributed by atoms with E-state index in [-0.39, 0.29) is 0 Å². The molecule has 2 aromatic carbocycles. The molecule has 3 aliphatic rings. The lowest BCUT2D eigenvalue weighted by Crippen LogP contribution is -2.49. The first kappa shape index (κ1) is 17.8. The van der Waals surface area contributed by atoms with Crippen LogP contribution in [0.3, 0.4) is 0 Å². The molecule has 5 rings (SSSR count). The fourth-order valence-corrected chi connectivity index (χ4v) is 5.11. The zero-order valence-corrected chi connectivity index (χ0v) is 16.6. The van der Waals surface area contributed by atoms with Gasteiger partial charge in [0.25, 0.3) is 0 Å². The highest BCUT2D eigenvalue weighted by Gasteiger charge is 2.35. The van der Waals surface area contributed by atoms with Crippen molar-refractivity contribution in [3.8, 4) is 0 Å². The maximum atomic E-state index is 2.74. The summed E-state index contributed by atoms with van der Waals surface area (Å²) in [5.41, 5.74) is 6.11. The number of allylic oxidation sites excluding steroid dienone is 2. The van der Waals surface area contributed by atoms with E-state index in [1.807, 2.05) is 0 Å². The molecule has 0 bridgehead atoms. The first-order valence-electron chi connectivity index (χ1n) is 10.8. The van der Waals surface area contributed by atoms with Crippen LogP contribution in [0.4, 0.5) is 0 Å². The summed E-state index contributed by atoms with van der Waals surface area (Å²) < 4.78 is 0. The van der Waals surface area contributed by atoms with E-state index >= 15 is 0 Å². The van der Waals surface area contributed by atoms with Gasteiger partial charge in [-0.05, 0) is 73.3 Å². The second kappa shape index (κ2) is 7.97. The van der Waals surface area contributed by atoms with Gasteiger partial charge in [-0.15, -0.1) is 0 Å². The van der Waals surface area contributed by atoms with E-state index < -0.39 is 0 Å². The number of likely N-dealkylation sites (tertiary alicyclic amines) is 1. The number of benzene rings is 2. The second-order valence-electron chi connectivity index (χ2n) is 8.52. The maximum absolute atomic E-state index is 2.74. The Morgan fingerprint density at radius 3 is 2.57 bits per heavy atom. The molecule has 2 heterocycles. The van der Waals surface area contributed by atoms with Crippen molar-refractivity contribution in [3.63, 3.8) is 0 Å². The molecule has 2 nitrogen and oxygen atoms in total. The molecule has 1 saturated heterocycles. The van der Waals surface area contributed by atoms with Crippen LogP contribution >= 0.6 is 0 Å². The van der Waals surface area contributed by atoms with Gasteiger partial charge in [-0.1, -0.05) is 60.7 Å². The van der Waals surface area contributed by atoms with E-state index in [9.17, 15) is 0 Å². The molecule has 144 valence electrons. The van der Waals surface area contributed by atoms with E-state index in [0.717, 1.165) is 19.5 Å². The first-order valence-corrected chi connectivity index (χ1v) is 10.8. The average Bonchev–Trinajstić information content (AvgIpc) is 2.70. The summed E-state index contributed by atoms with van der Waals surface area (Å²) in [5, 5.41) is 0. The maximum Gasteiger partial charge on any atom is 0.0427 e. The van der Waals surface area contributed by atoms with Crippen molar-refractivity contribution in [1.82, 2.24) is 9.80 Å². The molecule has 2 aromatic rings. The Labute approximate surface area is 169 Å². The molecule has 2 unspecified atom stereocenters. The summed E-state index contributed by atoms with van der Waals surface area (Å²) >= 11 is 0. The Balaban J connectivity index is 1.44. The Morgan fingerprint density at radius 2 is 1.82 bits per heavy atom. The van der Waals surface area contributed by atoms with Crippen LogP contribution in [0.5, 0.6) is 0 Å². The van der Waals surface area contributed by atoms with E-state index in [2.05, 4.69) is 82.8 Å². The Morgan fingerprint density at radius 1 is 0.929 bits per heavy atom. The minimum atomic E-state index is 0.614. The Kier molecular flexibility index (Phi) is 5.05. The third-order valence-electron chi connectivity index (χ3n) is 6.71.